The van der Waals surface area contributed by atoms with E-state index in [1.54, 1.807) is 25.0 Å². The molecule has 0 bridgehead atoms. The molecule has 0 fully saturated rings. The van der Waals surface area contributed by atoms with Crippen molar-refractivity contribution in [1.82, 2.24) is 10.2 Å². The number of amides is 2. The largest absolute Gasteiger partial charge is 0.496 e. The Balaban J connectivity index is 2.73. The molecule has 0 spiro atoms. The van der Waals surface area contributed by atoms with Gasteiger partial charge in [-0.2, -0.15) is 0 Å². The summed E-state index contributed by atoms with van der Waals surface area (Å²) in [5.41, 5.74) is 0.778. The zero-order chi connectivity index (χ0) is 17.4. The van der Waals surface area contributed by atoms with Crippen LogP contribution in [-0.4, -0.2) is 43.0 Å². The molecule has 0 saturated carbocycles. The lowest BCUT2D eigenvalue weighted by Gasteiger charge is -2.23. The first-order chi connectivity index (χ1) is 10.9. The smallest absolute Gasteiger partial charge is 0.244 e. The Morgan fingerprint density at radius 1 is 1.35 bits per heavy atom. The number of methoxy groups -OCH3 is 1. The molecule has 0 aromatic heterocycles. The Morgan fingerprint density at radius 3 is 2.57 bits per heavy atom. The van der Waals surface area contributed by atoms with Crippen LogP contribution in [0.2, 0.25) is 0 Å². The summed E-state index contributed by atoms with van der Waals surface area (Å²) in [7, 11) is 1.57. The summed E-state index contributed by atoms with van der Waals surface area (Å²) >= 11 is 3.38. The first kappa shape index (κ1) is 19.2. The summed E-state index contributed by atoms with van der Waals surface area (Å²) < 4.78 is 6.14. The third kappa shape index (κ3) is 5.71. The Kier molecular flexibility index (Phi) is 7.81. The number of carbonyl (C=O) groups is 2. The Hall–Kier alpha value is -1.82. The molecular weight excluding hydrogens is 360 g/mol. The lowest BCUT2D eigenvalue weighted by atomic mass is 10.2. The van der Waals surface area contributed by atoms with E-state index in [9.17, 15) is 9.59 Å². The third-order valence-corrected chi connectivity index (χ3v) is 3.90. The first-order valence-corrected chi connectivity index (χ1v) is 8.33. The molecule has 1 aromatic carbocycles. The molecule has 0 aliphatic carbocycles. The molecular formula is C17H23BrN2O3. The molecule has 0 aliphatic rings. The summed E-state index contributed by atoms with van der Waals surface area (Å²) in [5.74, 6) is 0.265. The fourth-order valence-corrected chi connectivity index (χ4v) is 2.51. The second-order valence-corrected chi connectivity index (χ2v) is 5.88. The molecule has 0 unspecified atom stereocenters. The van der Waals surface area contributed by atoms with Crippen LogP contribution in [0.4, 0.5) is 0 Å². The van der Waals surface area contributed by atoms with E-state index in [1.165, 1.54) is 6.08 Å². The van der Waals surface area contributed by atoms with Crippen LogP contribution in [0.1, 0.15) is 26.3 Å². The number of halogens is 1. The molecule has 2 amide bonds. The van der Waals surface area contributed by atoms with Crippen LogP contribution in [0, 0.1) is 0 Å². The van der Waals surface area contributed by atoms with E-state index < -0.39 is 6.04 Å². The zero-order valence-corrected chi connectivity index (χ0v) is 15.5. The van der Waals surface area contributed by atoms with Gasteiger partial charge in [0.2, 0.25) is 11.8 Å². The van der Waals surface area contributed by atoms with Gasteiger partial charge in [-0.3, -0.25) is 9.59 Å². The first-order valence-electron chi connectivity index (χ1n) is 7.53. The highest BCUT2D eigenvalue weighted by atomic mass is 79.9. The molecule has 126 valence electrons. The van der Waals surface area contributed by atoms with Gasteiger partial charge in [-0.05, 0) is 45.0 Å². The highest BCUT2D eigenvalue weighted by Gasteiger charge is 2.18. The van der Waals surface area contributed by atoms with Crippen molar-refractivity contribution >= 4 is 33.8 Å². The van der Waals surface area contributed by atoms with E-state index in [4.69, 9.17) is 4.74 Å². The quantitative estimate of drug-likeness (QED) is 0.737. The predicted molar refractivity (Wildman–Crippen MR) is 95.3 cm³/mol. The molecule has 6 heteroatoms. The maximum Gasteiger partial charge on any atom is 0.244 e. The van der Waals surface area contributed by atoms with Gasteiger partial charge in [-0.15, -0.1) is 0 Å². The maximum atomic E-state index is 12.1. The van der Waals surface area contributed by atoms with Crippen molar-refractivity contribution in [2.45, 2.75) is 26.8 Å². The van der Waals surface area contributed by atoms with Crippen molar-refractivity contribution in [2.75, 3.05) is 20.2 Å². The van der Waals surface area contributed by atoms with Crippen LogP contribution in [0.3, 0.4) is 0 Å². The highest BCUT2D eigenvalue weighted by molar-refractivity contribution is 9.10. The molecule has 1 rings (SSSR count). The van der Waals surface area contributed by atoms with Gasteiger partial charge in [0, 0.05) is 29.2 Å². The van der Waals surface area contributed by atoms with E-state index >= 15 is 0 Å². The van der Waals surface area contributed by atoms with E-state index in [-0.39, 0.29) is 11.8 Å². The lowest BCUT2D eigenvalue weighted by molar-refractivity contribution is -0.134. The van der Waals surface area contributed by atoms with E-state index in [0.29, 0.717) is 18.8 Å². The number of likely N-dealkylation sites (N-methyl/N-ethyl adjacent to an activating group) is 1. The molecule has 0 radical (unpaired) electrons. The van der Waals surface area contributed by atoms with Gasteiger partial charge in [-0.1, -0.05) is 15.9 Å². The van der Waals surface area contributed by atoms with Crippen molar-refractivity contribution in [2.24, 2.45) is 0 Å². The van der Waals surface area contributed by atoms with Crippen LogP contribution in [-0.2, 0) is 9.59 Å². The average Bonchev–Trinajstić information content (AvgIpc) is 2.54. The van der Waals surface area contributed by atoms with Crippen molar-refractivity contribution in [3.8, 4) is 5.75 Å². The zero-order valence-electron chi connectivity index (χ0n) is 13.9. The van der Waals surface area contributed by atoms with Crippen LogP contribution in [0.15, 0.2) is 28.7 Å². The van der Waals surface area contributed by atoms with Crippen LogP contribution < -0.4 is 10.1 Å². The molecule has 5 nitrogen and oxygen atoms in total. The normalized spacial score (nSPS) is 12.0. The second kappa shape index (κ2) is 9.35. The van der Waals surface area contributed by atoms with Gasteiger partial charge in [0.1, 0.15) is 11.8 Å². The maximum absolute atomic E-state index is 12.1. The number of carbonyl (C=O) groups excluding carboxylic acids is 2. The van der Waals surface area contributed by atoms with Gasteiger partial charge < -0.3 is 15.0 Å². The lowest BCUT2D eigenvalue weighted by Crippen LogP contribution is -2.46. The van der Waals surface area contributed by atoms with E-state index in [1.807, 2.05) is 32.0 Å². The van der Waals surface area contributed by atoms with Crippen LogP contribution in [0.5, 0.6) is 5.75 Å². The highest BCUT2D eigenvalue weighted by Crippen LogP contribution is 2.23. The minimum Gasteiger partial charge on any atom is -0.496 e. The third-order valence-electron chi connectivity index (χ3n) is 3.41. The number of benzene rings is 1. The van der Waals surface area contributed by atoms with Gasteiger partial charge in [0.15, 0.2) is 0 Å². The number of nitrogens with one attached hydrogen (secondary N) is 1. The molecule has 1 aromatic rings. The summed E-state index contributed by atoms with van der Waals surface area (Å²) in [4.78, 5) is 25.8. The van der Waals surface area contributed by atoms with Crippen LogP contribution in [0.25, 0.3) is 6.08 Å². The molecule has 1 N–H and O–H groups in total. The Morgan fingerprint density at radius 2 is 2.00 bits per heavy atom. The average molecular weight is 383 g/mol. The van der Waals surface area contributed by atoms with Crippen molar-refractivity contribution in [3.05, 3.63) is 34.3 Å². The van der Waals surface area contributed by atoms with E-state index in [0.717, 1.165) is 10.0 Å². The topological polar surface area (TPSA) is 58.6 Å². The molecule has 0 heterocycles. The molecule has 23 heavy (non-hydrogen) atoms. The number of nitrogens with zero attached hydrogens (tertiary/aromatic N) is 1. The SMILES string of the molecule is CCN(CC)C(=O)[C@H](C)NC(=O)/C=C/c1cc(Br)ccc1OC. The van der Waals surface area contributed by atoms with Crippen molar-refractivity contribution in [3.63, 3.8) is 0 Å². The fourth-order valence-electron chi connectivity index (χ4n) is 2.13. The minimum absolute atomic E-state index is 0.0863. The summed E-state index contributed by atoms with van der Waals surface area (Å²) in [6, 6.07) is 4.97. The minimum atomic E-state index is -0.559. The van der Waals surface area contributed by atoms with Crippen molar-refractivity contribution < 1.29 is 14.3 Å². The monoisotopic (exact) mass is 382 g/mol. The Bertz CT molecular complexity index is 583. The standard InChI is InChI=1S/C17H23BrN2O3/c1-5-20(6-2)17(22)12(3)19-16(21)10-7-13-11-14(18)8-9-15(13)23-4/h7-12H,5-6H2,1-4H3,(H,19,21)/b10-7+/t12-/m0/s1. The van der Waals surface area contributed by atoms with Crippen LogP contribution >= 0.6 is 15.9 Å². The Labute approximate surface area is 145 Å². The van der Waals surface area contributed by atoms with E-state index in [2.05, 4.69) is 21.2 Å². The summed E-state index contributed by atoms with van der Waals surface area (Å²) in [5, 5.41) is 2.68. The summed E-state index contributed by atoms with van der Waals surface area (Å²) in [6.45, 7) is 6.76. The number of rotatable bonds is 7. The molecule has 1 atom stereocenters. The van der Waals surface area contributed by atoms with Gasteiger partial charge in [-0.25, -0.2) is 0 Å². The number of hydrogen-bond donors (Lipinski definition) is 1. The van der Waals surface area contributed by atoms with Gasteiger partial charge >= 0.3 is 0 Å². The number of hydrogen-bond acceptors (Lipinski definition) is 3. The van der Waals surface area contributed by atoms with Crippen molar-refractivity contribution in [1.29, 1.82) is 0 Å². The second-order valence-electron chi connectivity index (χ2n) is 4.96. The molecule has 0 saturated heterocycles. The number of ether oxygens (including phenoxy) is 1. The predicted octanol–water partition coefficient (Wildman–Crippen LogP) is 2.84. The van der Waals surface area contributed by atoms with Gasteiger partial charge in [0.05, 0.1) is 7.11 Å². The molecule has 0 aliphatic heterocycles. The van der Waals surface area contributed by atoms with Gasteiger partial charge in [0.25, 0.3) is 0 Å². The summed E-state index contributed by atoms with van der Waals surface area (Å²) in [6.07, 6.45) is 3.06. The fraction of sp³-hybridized carbons (Fsp3) is 0.412.